The monoisotopic (exact) mass is 472 g/mol. The van der Waals surface area contributed by atoms with Gasteiger partial charge in [0, 0.05) is 24.3 Å². The van der Waals surface area contributed by atoms with Gasteiger partial charge in [-0.3, -0.25) is 14.4 Å². The second-order valence-electron chi connectivity index (χ2n) is 8.85. The van der Waals surface area contributed by atoms with Gasteiger partial charge in [0.1, 0.15) is 11.5 Å². The van der Waals surface area contributed by atoms with Crippen molar-refractivity contribution < 1.29 is 23.9 Å². The Bertz CT molecular complexity index is 1210. The van der Waals surface area contributed by atoms with Crippen molar-refractivity contribution in [3.05, 3.63) is 83.4 Å². The number of nitrogens with one attached hydrogen (secondary N) is 1. The van der Waals surface area contributed by atoms with Gasteiger partial charge in [-0.25, -0.2) is 0 Å². The van der Waals surface area contributed by atoms with E-state index in [-0.39, 0.29) is 18.9 Å². The number of anilines is 2. The predicted molar refractivity (Wildman–Crippen MR) is 134 cm³/mol. The second-order valence-corrected chi connectivity index (χ2v) is 8.85. The lowest BCUT2D eigenvalue weighted by Gasteiger charge is -2.17. The summed E-state index contributed by atoms with van der Waals surface area (Å²) in [5.74, 6) is -0.400. The van der Waals surface area contributed by atoms with Gasteiger partial charge < -0.3 is 19.7 Å². The van der Waals surface area contributed by atoms with Crippen molar-refractivity contribution in [3.8, 4) is 11.5 Å². The van der Waals surface area contributed by atoms with E-state index in [2.05, 4.69) is 5.32 Å². The van der Waals surface area contributed by atoms with Crippen LogP contribution in [0.4, 0.5) is 11.4 Å². The van der Waals surface area contributed by atoms with Gasteiger partial charge in [0.2, 0.25) is 5.91 Å². The molecule has 0 spiro atoms. The van der Waals surface area contributed by atoms with Crippen molar-refractivity contribution in [2.45, 2.75) is 27.2 Å². The van der Waals surface area contributed by atoms with Crippen molar-refractivity contribution in [1.82, 2.24) is 0 Å². The number of esters is 1. The number of amides is 2. The summed E-state index contributed by atoms with van der Waals surface area (Å²) >= 11 is 0. The normalized spacial score (nSPS) is 15.1. The van der Waals surface area contributed by atoms with E-state index in [0.29, 0.717) is 17.1 Å². The van der Waals surface area contributed by atoms with Gasteiger partial charge in [0.15, 0.2) is 6.61 Å². The Hall–Kier alpha value is -4.13. The second kappa shape index (κ2) is 10.4. The van der Waals surface area contributed by atoms with Crippen molar-refractivity contribution >= 4 is 29.2 Å². The summed E-state index contributed by atoms with van der Waals surface area (Å²) in [5.41, 5.74) is 4.53. The molecule has 1 saturated heterocycles. The average molecular weight is 473 g/mol. The number of hydrogen-bond donors (Lipinski definition) is 1. The number of carbonyl (C=O) groups is 3. The van der Waals surface area contributed by atoms with Crippen LogP contribution < -0.4 is 15.0 Å². The molecule has 3 aromatic rings. The molecular weight excluding hydrogens is 444 g/mol. The Labute approximate surface area is 204 Å². The molecule has 180 valence electrons. The number of rotatable bonds is 7. The lowest BCUT2D eigenvalue weighted by molar-refractivity contribution is -0.151. The Morgan fingerprint density at radius 2 is 1.49 bits per heavy atom. The number of nitrogens with zero attached hydrogens (tertiary/aromatic N) is 1. The number of aryl methyl sites for hydroxylation is 3. The topological polar surface area (TPSA) is 84.9 Å². The molecule has 4 rings (SSSR count). The highest BCUT2D eigenvalue weighted by atomic mass is 16.5. The molecule has 1 heterocycles. The van der Waals surface area contributed by atoms with E-state index in [0.717, 1.165) is 22.4 Å². The van der Waals surface area contributed by atoms with E-state index in [4.69, 9.17) is 9.47 Å². The van der Waals surface area contributed by atoms with Crippen LogP contribution in [0.5, 0.6) is 11.5 Å². The smallest absolute Gasteiger partial charge is 0.311 e. The Balaban J connectivity index is 1.29. The highest BCUT2D eigenvalue weighted by molar-refractivity contribution is 6.00. The van der Waals surface area contributed by atoms with Gasteiger partial charge in [-0.2, -0.15) is 0 Å². The van der Waals surface area contributed by atoms with Gasteiger partial charge in [-0.15, -0.1) is 0 Å². The largest absolute Gasteiger partial charge is 0.457 e. The van der Waals surface area contributed by atoms with Crippen LogP contribution in [-0.4, -0.2) is 30.9 Å². The molecule has 1 N–H and O–H groups in total. The minimum absolute atomic E-state index is 0.0408. The first kappa shape index (κ1) is 24.0. The SMILES string of the molecule is Cc1ccc(Oc2ccc(N3C[C@H](C(=O)OCC(=O)Nc4cc(C)cc(C)c4)CC3=O)cc2)cc1. The lowest BCUT2D eigenvalue weighted by Crippen LogP contribution is -2.28. The molecule has 0 bridgehead atoms. The molecule has 7 nitrogen and oxygen atoms in total. The van der Waals surface area contributed by atoms with Gasteiger partial charge >= 0.3 is 5.97 Å². The first-order valence-corrected chi connectivity index (χ1v) is 11.5. The molecule has 1 fully saturated rings. The van der Waals surface area contributed by atoms with E-state index in [1.165, 1.54) is 0 Å². The summed E-state index contributed by atoms with van der Waals surface area (Å²) in [5, 5.41) is 2.73. The molecule has 7 heteroatoms. The van der Waals surface area contributed by atoms with Gasteiger partial charge in [-0.05, 0) is 80.4 Å². The zero-order chi connectivity index (χ0) is 24.9. The minimum atomic E-state index is -0.625. The fraction of sp³-hybridized carbons (Fsp3) is 0.250. The van der Waals surface area contributed by atoms with Crippen LogP contribution in [-0.2, 0) is 19.1 Å². The maximum Gasteiger partial charge on any atom is 0.311 e. The maximum absolute atomic E-state index is 12.5. The molecule has 0 radical (unpaired) electrons. The zero-order valence-electron chi connectivity index (χ0n) is 20.0. The van der Waals surface area contributed by atoms with E-state index in [1.54, 1.807) is 29.2 Å². The molecule has 2 amide bonds. The molecule has 0 saturated carbocycles. The van der Waals surface area contributed by atoms with E-state index < -0.39 is 24.4 Å². The summed E-state index contributed by atoms with van der Waals surface area (Å²) < 4.78 is 11.0. The Morgan fingerprint density at radius 1 is 0.886 bits per heavy atom. The molecule has 35 heavy (non-hydrogen) atoms. The Morgan fingerprint density at radius 3 is 2.11 bits per heavy atom. The third kappa shape index (κ3) is 6.26. The van der Waals surface area contributed by atoms with Crippen molar-refractivity contribution in [2.24, 2.45) is 5.92 Å². The summed E-state index contributed by atoms with van der Waals surface area (Å²) in [7, 11) is 0. The van der Waals surface area contributed by atoms with E-state index >= 15 is 0 Å². The van der Waals surface area contributed by atoms with Gasteiger partial charge in [0.25, 0.3) is 5.91 Å². The fourth-order valence-corrected chi connectivity index (χ4v) is 4.05. The Kier molecular flexibility index (Phi) is 7.15. The van der Waals surface area contributed by atoms with Crippen LogP contribution in [0.3, 0.4) is 0 Å². The zero-order valence-corrected chi connectivity index (χ0v) is 20.0. The van der Waals surface area contributed by atoms with Crippen LogP contribution in [0.1, 0.15) is 23.1 Å². The van der Waals surface area contributed by atoms with Crippen LogP contribution >= 0.6 is 0 Å². The molecule has 0 aliphatic carbocycles. The lowest BCUT2D eigenvalue weighted by atomic mass is 10.1. The third-order valence-electron chi connectivity index (χ3n) is 5.71. The highest BCUT2D eigenvalue weighted by Crippen LogP contribution is 2.29. The number of benzene rings is 3. The molecule has 1 aliphatic heterocycles. The van der Waals surface area contributed by atoms with Crippen molar-refractivity contribution in [2.75, 3.05) is 23.4 Å². The molecule has 1 atom stereocenters. The molecule has 3 aromatic carbocycles. The van der Waals surface area contributed by atoms with Crippen LogP contribution in [0, 0.1) is 26.7 Å². The van der Waals surface area contributed by atoms with Crippen LogP contribution in [0.25, 0.3) is 0 Å². The standard InChI is InChI=1S/C28H28N2O5/c1-18-4-8-24(9-5-18)35-25-10-6-23(7-11-25)30-16-21(15-27(30)32)28(33)34-17-26(31)29-22-13-19(2)12-20(3)14-22/h4-14,21H,15-17H2,1-3H3,(H,29,31)/t21-/m1/s1. The first-order valence-electron chi connectivity index (χ1n) is 11.5. The van der Waals surface area contributed by atoms with Crippen molar-refractivity contribution in [3.63, 3.8) is 0 Å². The predicted octanol–water partition coefficient (Wildman–Crippen LogP) is 4.94. The van der Waals surface area contributed by atoms with E-state index in [9.17, 15) is 14.4 Å². The molecule has 1 aliphatic rings. The summed E-state index contributed by atoms with van der Waals surface area (Å²) in [4.78, 5) is 38.8. The minimum Gasteiger partial charge on any atom is -0.457 e. The quantitative estimate of drug-likeness (QED) is 0.493. The molecular formula is C28H28N2O5. The van der Waals surface area contributed by atoms with Gasteiger partial charge in [-0.1, -0.05) is 23.8 Å². The van der Waals surface area contributed by atoms with Crippen LogP contribution in [0.2, 0.25) is 0 Å². The summed E-state index contributed by atoms with van der Waals surface area (Å²) in [6, 6.07) is 20.6. The third-order valence-corrected chi connectivity index (χ3v) is 5.71. The van der Waals surface area contributed by atoms with Crippen LogP contribution in [0.15, 0.2) is 66.7 Å². The molecule has 0 unspecified atom stereocenters. The summed E-state index contributed by atoms with van der Waals surface area (Å²) in [6.07, 6.45) is 0.0408. The summed E-state index contributed by atoms with van der Waals surface area (Å²) in [6.45, 7) is 5.69. The average Bonchev–Trinajstić information content (AvgIpc) is 3.20. The number of hydrogen-bond acceptors (Lipinski definition) is 5. The first-order chi connectivity index (χ1) is 16.8. The maximum atomic E-state index is 12.5. The molecule has 0 aromatic heterocycles. The van der Waals surface area contributed by atoms with Gasteiger partial charge in [0.05, 0.1) is 5.92 Å². The number of ether oxygens (including phenoxy) is 2. The van der Waals surface area contributed by atoms with E-state index in [1.807, 2.05) is 63.2 Å². The number of carbonyl (C=O) groups excluding carboxylic acids is 3. The fourth-order valence-electron chi connectivity index (χ4n) is 4.05. The highest BCUT2D eigenvalue weighted by Gasteiger charge is 2.36. The van der Waals surface area contributed by atoms with Crippen molar-refractivity contribution in [1.29, 1.82) is 0 Å².